The summed E-state index contributed by atoms with van der Waals surface area (Å²) in [6.07, 6.45) is 11.1. The topological polar surface area (TPSA) is 186 Å². The van der Waals surface area contributed by atoms with Crippen LogP contribution >= 0.6 is 11.8 Å². The van der Waals surface area contributed by atoms with Gasteiger partial charge in [-0.25, -0.2) is 0 Å². The van der Waals surface area contributed by atoms with Gasteiger partial charge in [-0.1, -0.05) is 24.3 Å². The minimum Gasteiger partial charge on any atom is -0.508 e. The number of hydrogen-bond donors (Lipinski definition) is 1. The first-order valence-electron chi connectivity index (χ1n) is 20.5. The molecule has 1 N–H and O–H groups in total. The standard InChI is InChI=1S/C25H19N5O.C24H17N5O.C2H6S.BF3/c1-17-11-21(13-22(12-17)31-2)25-23(16-29-30(25)10-8-26)20-7-9-28-24(14-20)19-5-3-18(15-27)4-6-19;1-16-10-20(12-21(30)11-16)24-22(15-28-29(24)9-7-25)19-6-8-27-23(13-19)18-4-2-17(14-26)3-5-18;1-3-2;2-1(3)4/h3-7,9,11-14,16H,10H2,1-2H3;2-6,8,10-13,15,30H,9H2,1H3;1-2H3;. The van der Waals surface area contributed by atoms with Crippen LogP contribution in [0.1, 0.15) is 22.3 Å². The van der Waals surface area contributed by atoms with Gasteiger partial charge in [-0.2, -0.15) is 43.0 Å². The van der Waals surface area contributed by atoms with Gasteiger partial charge in [0.15, 0.2) is 0 Å². The molecule has 0 fully saturated rings. The second-order valence-corrected chi connectivity index (χ2v) is 15.5. The monoisotopic (exact) mass is 926 g/mol. The normalized spacial score (nSPS) is 9.94. The second-order valence-electron chi connectivity index (χ2n) is 14.6. The number of phenols is 1. The largest absolute Gasteiger partial charge is 0.762 e. The Morgan fingerprint density at radius 2 is 1.00 bits per heavy atom. The Balaban J connectivity index is 0.000000224. The van der Waals surface area contributed by atoms with Crippen molar-refractivity contribution >= 4 is 19.3 Å². The van der Waals surface area contributed by atoms with Gasteiger partial charge in [0, 0.05) is 45.8 Å². The third-order valence-corrected chi connectivity index (χ3v) is 9.78. The number of rotatable bonds is 9. The van der Waals surface area contributed by atoms with Crippen LogP contribution in [0.4, 0.5) is 12.9 Å². The van der Waals surface area contributed by atoms with Gasteiger partial charge < -0.3 is 9.84 Å². The van der Waals surface area contributed by atoms with Crippen molar-refractivity contribution in [1.29, 1.82) is 21.0 Å². The Labute approximate surface area is 397 Å². The van der Waals surface area contributed by atoms with Crippen molar-refractivity contribution in [3.05, 3.63) is 156 Å². The number of halogens is 3. The summed E-state index contributed by atoms with van der Waals surface area (Å²) in [4.78, 5) is 8.96. The fourth-order valence-corrected chi connectivity index (χ4v) is 7.02. The number of phenolic OH excluding ortho intramolecular Hbond substituents is 1. The summed E-state index contributed by atoms with van der Waals surface area (Å²) in [6, 6.07) is 42.2. The number of hydrogen-bond acceptors (Lipinski definition) is 11. The number of aromatic hydroxyl groups is 1. The van der Waals surface area contributed by atoms with Gasteiger partial charge in [0.25, 0.3) is 0 Å². The quantitative estimate of drug-likeness (QED) is 0.136. The van der Waals surface area contributed by atoms with Crippen LogP contribution in [-0.4, -0.2) is 61.8 Å². The molecule has 0 spiro atoms. The van der Waals surface area contributed by atoms with E-state index in [4.69, 9.17) is 15.3 Å². The van der Waals surface area contributed by atoms with E-state index in [9.17, 15) is 28.6 Å². The molecule has 0 radical (unpaired) electrons. The van der Waals surface area contributed by atoms with Gasteiger partial charge in [0.05, 0.1) is 77.7 Å². The van der Waals surface area contributed by atoms with Crippen LogP contribution in [0.2, 0.25) is 0 Å². The molecule has 4 aromatic carbocycles. The Hall–Kier alpha value is -8.64. The number of methoxy groups -OCH3 is 1. The Kier molecular flexibility index (Phi) is 18.2. The summed E-state index contributed by atoms with van der Waals surface area (Å²) < 4.78 is 37.8. The molecule has 0 saturated carbocycles. The van der Waals surface area contributed by atoms with Crippen molar-refractivity contribution in [2.45, 2.75) is 26.9 Å². The molecule has 338 valence electrons. The first-order valence-corrected chi connectivity index (χ1v) is 22.1. The van der Waals surface area contributed by atoms with E-state index in [1.54, 1.807) is 89.4 Å². The molecule has 0 aliphatic rings. The number of aryl methyl sites for hydroxylation is 2. The maximum Gasteiger partial charge on any atom is 0.762 e. The maximum absolute atomic E-state index is 10.1. The molecular weight excluding hydrogens is 885 g/mol. The number of aromatic nitrogens is 6. The molecule has 4 heterocycles. The Morgan fingerprint density at radius 3 is 1.38 bits per heavy atom. The van der Waals surface area contributed by atoms with Gasteiger partial charge in [-0.15, -0.1) is 0 Å². The van der Waals surface area contributed by atoms with Crippen LogP contribution in [0.25, 0.3) is 67.3 Å². The van der Waals surface area contributed by atoms with E-state index in [1.807, 2.05) is 93.1 Å². The van der Waals surface area contributed by atoms with Gasteiger partial charge in [-0.05, 0) is 134 Å². The van der Waals surface area contributed by atoms with Gasteiger partial charge in [-0.3, -0.25) is 32.3 Å². The molecule has 0 aliphatic heterocycles. The lowest BCUT2D eigenvalue weighted by Gasteiger charge is -2.11. The fraction of sp³-hybridized carbons (Fsp3) is 0.137. The van der Waals surface area contributed by atoms with E-state index in [0.29, 0.717) is 11.1 Å². The highest BCUT2D eigenvalue weighted by Crippen LogP contribution is 2.37. The van der Waals surface area contributed by atoms with Gasteiger partial charge in [0.2, 0.25) is 0 Å². The zero-order valence-electron chi connectivity index (χ0n) is 37.6. The second kappa shape index (κ2) is 24.6. The zero-order chi connectivity index (χ0) is 49.2. The molecule has 0 unspecified atom stereocenters. The summed E-state index contributed by atoms with van der Waals surface area (Å²) in [5.41, 5.74) is 13.4. The lowest BCUT2D eigenvalue weighted by atomic mass is 9.99. The molecule has 4 aromatic heterocycles. The molecule has 8 aromatic rings. The van der Waals surface area contributed by atoms with Crippen LogP contribution < -0.4 is 4.74 Å². The predicted octanol–water partition coefficient (Wildman–Crippen LogP) is 11.5. The number of nitriles is 4. The molecule has 68 heavy (non-hydrogen) atoms. The number of thioether (sulfide) groups is 1. The molecule has 0 atom stereocenters. The predicted molar refractivity (Wildman–Crippen MR) is 260 cm³/mol. The van der Waals surface area contributed by atoms with Crippen molar-refractivity contribution in [1.82, 2.24) is 29.5 Å². The van der Waals surface area contributed by atoms with Gasteiger partial charge in [0.1, 0.15) is 24.6 Å². The third kappa shape index (κ3) is 13.2. The van der Waals surface area contributed by atoms with E-state index in [-0.39, 0.29) is 18.8 Å². The highest BCUT2D eigenvalue weighted by atomic mass is 32.2. The SMILES string of the molecule is COc1cc(C)cc(-c2c(-c3ccnc(-c4ccc(C#N)cc4)c3)cnn2CC#N)c1.CSC.Cc1cc(O)cc(-c2c(-c3ccnc(-c4ccc(C#N)cc4)c3)cnn2CC#N)c1.FB(F)F. The van der Waals surface area contributed by atoms with E-state index < -0.39 is 7.54 Å². The van der Waals surface area contributed by atoms with Crippen LogP contribution in [0, 0.1) is 59.2 Å². The molecule has 0 bridgehead atoms. The van der Waals surface area contributed by atoms with E-state index >= 15 is 0 Å². The van der Waals surface area contributed by atoms with Crippen molar-refractivity contribution < 1.29 is 22.8 Å². The number of nitrogens with zero attached hydrogens (tertiary/aromatic N) is 10. The van der Waals surface area contributed by atoms with E-state index in [1.165, 1.54) is 0 Å². The highest BCUT2D eigenvalue weighted by Gasteiger charge is 2.19. The summed E-state index contributed by atoms with van der Waals surface area (Å²) in [6.45, 7) is 4.15. The zero-order valence-corrected chi connectivity index (χ0v) is 38.4. The summed E-state index contributed by atoms with van der Waals surface area (Å²) in [5, 5.41) is 55.5. The van der Waals surface area contributed by atoms with E-state index in [2.05, 4.69) is 50.5 Å². The van der Waals surface area contributed by atoms with Crippen molar-refractivity contribution in [2.24, 2.45) is 0 Å². The lowest BCUT2D eigenvalue weighted by Crippen LogP contribution is -2.01. The fourth-order valence-electron chi connectivity index (χ4n) is 7.02. The highest BCUT2D eigenvalue weighted by molar-refractivity contribution is 7.97. The first-order chi connectivity index (χ1) is 32.9. The molecule has 17 heteroatoms. The minimum absolute atomic E-state index is 0.0948. The molecular formula is C51H42BF3N10O2S. The minimum atomic E-state index is -3.67. The summed E-state index contributed by atoms with van der Waals surface area (Å²) in [5.74, 6) is 0.910. The molecule has 8 rings (SSSR count). The number of benzene rings is 4. The van der Waals surface area contributed by atoms with Crippen LogP contribution in [-0.2, 0) is 13.1 Å². The third-order valence-electron chi connectivity index (χ3n) is 9.78. The maximum atomic E-state index is 10.1. The van der Waals surface area contributed by atoms with Crippen molar-refractivity contribution in [3.8, 4) is 103 Å². The summed E-state index contributed by atoms with van der Waals surface area (Å²) in [7, 11) is -2.03. The molecule has 0 saturated heterocycles. The van der Waals surface area contributed by atoms with Crippen molar-refractivity contribution in [3.63, 3.8) is 0 Å². The lowest BCUT2D eigenvalue weighted by molar-refractivity contribution is 0.414. The van der Waals surface area contributed by atoms with Crippen molar-refractivity contribution in [2.75, 3.05) is 19.6 Å². The number of ether oxygens (including phenoxy) is 1. The smallest absolute Gasteiger partial charge is 0.508 e. The Morgan fingerprint density at radius 1 is 0.588 bits per heavy atom. The number of pyridine rings is 2. The molecule has 0 amide bonds. The summed E-state index contributed by atoms with van der Waals surface area (Å²) >= 11 is 1.75. The van der Waals surface area contributed by atoms with E-state index in [0.717, 1.165) is 84.2 Å². The van der Waals surface area contributed by atoms with Crippen LogP contribution in [0.3, 0.4) is 0 Å². The van der Waals surface area contributed by atoms with Crippen LogP contribution in [0.5, 0.6) is 11.5 Å². The molecule has 12 nitrogen and oxygen atoms in total. The first kappa shape index (κ1) is 50.4. The van der Waals surface area contributed by atoms with Gasteiger partial charge >= 0.3 is 7.54 Å². The average Bonchev–Trinajstić information content (AvgIpc) is 3.96. The molecule has 0 aliphatic carbocycles. The van der Waals surface area contributed by atoms with Crippen LogP contribution in [0.15, 0.2) is 134 Å². The average molecular weight is 927 g/mol. The Bertz CT molecular complexity index is 3130.